The van der Waals surface area contributed by atoms with Crippen LogP contribution < -0.4 is 9.62 Å². The SMILES string of the molecule is CCNC(=O)[C@@H](C)N(Cc1ccccc1F)C(=O)CN(c1ccc(Br)cc1)S(=O)(=O)c1ccccc1. The molecule has 10 heteroatoms. The highest BCUT2D eigenvalue weighted by molar-refractivity contribution is 9.10. The van der Waals surface area contributed by atoms with E-state index in [0.717, 1.165) is 8.78 Å². The molecule has 0 aliphatic carbocycles. The summed E-state index contributed by atoms with van der Waals surface area (Å²) >= 11 is 3.33. The molecular weight excluding hydrogens is 549 g/mol. The van der Waals surface area contributed by atoms with Crippen LogP contribution >= 0.6 is 15.9 Å². The number of likely N-dealkylation sites (N-methyl/N-ethyl adjacent to an activating group) is 1. The van der Waals surface area contributed by atoms with Gasteiger partial charge in [-0.15, -0.1) is 0 Å². The Kier molecular flexibility index (Phi) is 9.22. The first-order chi connectivity index (χ1) is 17.1. The van der Waals surface area contributed by atoms with Gasteiger partial charge in [0, 0.05) is 23.1 Å². The van der Waals surface area contributed by atoms with Gasteiger partial charge in [0.05, 0.1) is 10.6 Å². The van der Waals surface area contributed by atoms with E-state index in [4.69, 9.17) is 0 Å². The van der Waals surface area contributed by atoms with Crippen molar-refractivity contribution in [2.24, 2.45) is 0 Å². The van der Waals surface area contributed by atoms with Crippen molar-refractivity contribution < 1.29 is 22.4 Å². The Bertz CT molecular complexity index is 1300. The number of carbonyl (C=O) groups is 2. The number of benzene rings is 3. The van der Waals surface area contributed by atoms with Gasteiger partial charge in [-0.05, 0) is 56.3 Å². The largest absolute Gasteiger partial charge is 0.355 e. The maximum atomic E-state index is 14.5. The van der Waals surface area contributed by atoms with Gasteiger partial charge < -0.3 is 10.2 Å². The molecule has 0 saturated carbocycles. The number of hydrogen-bond acceptors (Lipinski definition) is 4. The smallest absolute Gasteiger partial charge is 0.264 e. The molecular formula is C26H27BrFN3O4S. The van der Waals surface area contributed by atoms with E-state index in [1.165, 1.54) is 42.2 Å². The van der Waals surface area contributed by atoms with Crippen molar-refractivity contribution in [2.45, 2.75) is 31.3 Å². The van der Waals surface area contributed by atoms with Gasteiger partial charge in [0.1, 0.15) is 18.4 Å². The Morgan fingerprint density at radius 3 is 2.19 bits per heavy atom. The molecule has 3 rings (SSSR count). The summed E-state index contributed by atoms with van der Waals surface area (Å²) in [6.07, 6.45) is 0. The molecule has 0 bridgehead atoms. The summed E-state index contributed by atoms with van der Waals surface area (Å²) in [5.41, 5.74) is 0.481. The van der Waals surface area contributed by atoms with Gasteiger partial charge in [-0.2, -0.15) is 0 Å². The quantitative estimate of drug-likeness (QED) is 0.389. The van der Waals surface area contributed by atoms with Crippen LogP contribution in [0.4, 0.5) is 10.1 Å². The molecule has 1 N–H and O–H groups in total. The van der Waals surface area contributed by atoms with Crippen molar-refractivity contribution in [2.75, 3.05) is 17.4 Å². The van der Waals surface area contributed by atoms with Gasteiger partial charge in [-0.3, -0.25) is 13.9 Å². The highest BCUT2D eigenvalue weighted by Gasteiger charge is 2.32. The second kappa shape index (κ2) is 12.1. The number of amides is 2. The molecule has 0 aromatic heterocycles. The van der Waals surface area contributed by atoms with E-state index in [2.05, 4.69) is 21.2 Å². The van der Waals surface area contributed by atoms with Crippen molar-refractivity contribution in [3.05, 3.63) is 94.7 Å². The normalized spacial score (nSPS) is 12.0. The van der Waals surface area contributed by atoms with Crippen molar-refractivity contribution >= 4 is 43.5 Å². The van der Waals surface area contributed by atoms with Crippen LogP contribution in [0.15, 0.2) is 88.2 Å². The highest BCUT2D eigenvalue weighted by Crippen LogP contribution is 2.26. The van der Waals surface area contributed by atoms with Crippen LogP contribution in [-0.4, -0.2) is 44.3 Å². The zero-order valence-corrected chi connectivity index (χ0v) is 22.3. The van der Waals surface area contributed by atoms with Gasteiger partial charge in [-0.1, -0.05) is 52.3 Å². The molecule has 0 spiro atoms. The molecule has 0 aliphatic rings. The molecule has 0 unspecified atom stereocenters. The Hall–Kier alpha value is -3.24. The second-order valence-electron chi connectivity index (χ2n) is 7.98. The fourth-order valence-electron chi connectivity index (χ4n) is 3.57. The molecule has 3 aromatic rings. The van der Waals surface area contributed by atoms with E-state index in [-0.39, 0.29) is 22.7 Å². The highest BCUT2D eigenvalue weighted by atomic mass is 79.9. The van der Waals surface area contributed by atoms with E-state index in [9.17, 15) is 22.4 Å². The number of sulfonamides is 1. The lowest BCUT2D eigenvalue weighted by Crippen LogP contribution is -2.51. The molecule has 36 heavy (non-hydrogen) atoms. The Morgan fingerprint density at radius 1 is 0.972 bits per heavy atom. The van der Waals surface area contributed by atoms with Gasteiger partial charge in [-0.25, -0.2) is 12.8 Å². The molecule has 1 atom stereocenters. The van der Waals surface area contributed by atoms with Crippen molar-refractivity contribution in [1.82, 2.24) is 10.2 Å². The molecule has 0 fully saturated rings. The third kappa shape index (κ3) is 6.50. The van der Waals surface area contributed by atoms with E-state index < -0.39 is 40.2 Å². The Morgan fingerprint density at radius 2 is 1.58 bits per heavy atom. The lowest BCUT2D eigenvalue weighted by Gasteiger charge is -2.32. The third-order valence-corrected chi connectivity index (χ3v) is 7.86. The fourth-order valence-corrected chi connectivity index (χ4v) is 5.27. The first-order valence-corrected chi connectivity index (χ1v) is 13.5. The summed E-state index contributed by atoms with van der Waals surface area (Å²) in [6, 6.07) is 19.2. The topological polar surface area (TPSA) is 86.8 Å². The minimum absolute atomic E-state index is 0.0122. The monoisotopic (exact) mass is 575 g/mol. The molecule has 0 heterocycles. The molecule has 7 nitrogen and oxygen atoms in total. The lowest BCUT2D eigenvalue weighted by molar-refractivity contribution is -0.139. The molecule has 190 valence electrons. The number of rotatable bonds is 10. The van der Waals surface area contributed by atoms with Crippen LogP contribution in [0.1, 0.15) is 19.4 Å². The van der Waals surface area contributed by atoms with Crippen LogP contribution in [0.2, 0.25) is 0 Å². The first kappa shape index (κ1) is 27.3. The summed E-state index contributed by atoms with van der Waals surface area (Å²) in [5.74, 6) is -1.61. The summed E-state index contributed by atoms with van der Waals surface area (Å²) in [4.78, 5) is 27.5. The number of anilines is 1. The van der Waals surface area contributed by atoms with E-state index >= 15 is 0 Å². The number of nitrogens with zero attached hydrogens (tertiary/aromatic N) is 2. The predicted octanol–water partition coefficient (Wildman–Crippen LogP) is 4.34. The zero-order chi connectivity index (χ0) is 26.3. The molecule has 0 aliphatic heterocycles. The standard InChI is InChI=1S/C26H27BrFN3O4S/c1-3-29-26(33)19(2)30(17-20-9-7-8-12-24(20)28)25(32)18-31(22-15-13-21(27)14-16-22)36(34,35)23-10-5-4-6-11-23/h4-16,19H,3,17-18H2,1-2H3,(H,29,33)/t19-/m1/s1. The van der Waals surface area contributed by atoms with Gasteiger partial charge in [0.15, 0.2) is 0 Å². The van der Waals surface area contributed by atoms with Crippen LogP contribution in [0.25, 0.3) is 0 Å². The van der Waals surface area contributed by atoms with Crippen LogP contribution in [0.3, 0.4) is 0 Å². The number of nitrogens with one attached hydrogen (secondary N) is 1. The minimum atomic E-state index is -4.14. The fraction of sp³-hybridized carbons (Fsp3) is 0.231. The molecule has 0 saturated heterocycles. The van der Waals surface area contributed by atoms with Crippen molar-refractivity contribution in [3.63, 3.8) is 0 Å². The Balaban J connectivity index is 2.02. The number of halogens is 2. The van der Waals surface area contributed by atoms with Gasteiger partial charge in [0.2, 0.25) is 11.8 Å². The van der Waals surface area contributed by atoms with Crippen LogP contribution in [0.5, 0.6) is 0 Å². The minimum Gasteiger partial charge on any atom is -0.355 e. The summed E-state index contributed by atoms with van der Waals surface area (Å²) in [5, 5.41) is 2.66. The average molecular weight is 576 g/mol. The number of hydrogen-bond donors (Lipinski definition) is 1. The summed E-state index contributed by atoms with van der Waals surface area (Å²) < 4.78 is 43.4. The predicted molar refractivity (Wildman–Crippen MR) is 140 cm³/mol. The molecule has 2 amide bonds. The van der Waals surface area contributed by atoms with Crippen molar-refractivity contribution in [3.8, 4) is 0 Å². The zero-order valence-electron chi connectivity index (χ0n) is 19.9. The summed E-state index contributed by atoms with van der Waals surface area (Å²) in [6.45, 7) is 2.83. The van der Waals surface area contributed by atoms with Crippen molar-refractivity contribution in [1.29, 1.82) is 0 Å². The summed E-state index contributed by atoms with van der Waals surface area (Å²) in [7, 11) is -4.14. The second-order valence-corrected chi connectivity index (χ2v) is 10.8. The lowest BCUT2D eigenvalue weighted by atomic mass is 10.1. The van der Waals surface area contributed by atoms with Crippen LogP contribution in [0, 0.1) is 5.82 Å². The van der Waals surface area contributed by atoms with Crippen LogP contribution in [-0.2, 0) is 26.2 Å². The Labute approximate surface area is 219 Å². The molecule has 0 radical (unpaired) electrons. The third-order valence-electron chi connectivity index (χ3n) is 5.54. The van der Waals surface area contributed by atoms with E-state index in [1.807, 2.05) is 0 Å². The number of carbonyl (C=O) groups excluding carboxylic acids is 2. The van der Waals surface area contributed by atoms with Gasteiger partial charge >= 0.3 is 0 Å². The molecule has 3 aromatic carbocycles. The van der Waals surface area contributed by atoms with E-state index in [0.29, 0.717) is 6.54 Å². The maximum absolute atomic E-state index is 14.5. The average Bonchev–Trinajstić information content (AvgIpc) is 2.87. The maximum Gasteiger partial charge on any atom is 0.264 e. The first-order valence-electron chi connectivity index (χ1n) is 11.3. The van der Waals surface area contributed by atoms with Gasteiger partial charge in [0.25, 0.3) is 10.0 Å². The van der Waals surface area contributed by atoms with E-state index in [1.54, 1.807) is 55.5 Å².